The Bertz CT molecular complexity index is 1200. The standard InChI is InChI=1S/C28H27NO3/c1-4-31-25-17-26-24(20(3)18-32-26)16-23(25)19(2)15-27(30)29-28(21-11-7-5-8-12-21)22-13-9-6-10-14-22/h5-18,28H,4H2,1-3H3,(H,29,30)/b19-15+. The predicted molar refractivity (Wildman–Crippen MR) is 129 cm³/mol. The molecule has 4 rings (SSSR count). The van der Waals surface area contributed by atoms with Crippen molar-refractivity contribution in [1.82, 2.24) is 5.32 Å². The van der Waals surface area contributed by atoms with Gasteiger partial charge in [-0.2, -0.15) is 0 Å². The lowest BCUT2D eigenvalue weighted by atomic mass is 9.98. The summed E-state index contributed by atoms with van der Waals surface area (Å²) in [5, 5.41) is 4.19. The van der Waals surface area contributed by atoms with E-state index in [0.29, 0.717) is 12.4 Å². The zero-order valence-corrected chi connectivity index (χ0v) is 18.6. The SMILES string of the molecule is CCOc1cc2occ(C)c2cc1/C(C)=C/C(=O)NC(c1ccccc1)c1ccccc1. The van der Waals surface area contributed by atoms with Gasteiger partial charge >= 0.3 is 0 Å². The number of fused-ring (bicyclic) bond motifs is 1. The minimum atomic E-state index is -0.237. The van der Waals surface area contributed by atoms with E-state index in [0.717, 1.165) is 38.8 Å². The van der Waals surface area contributed by atoms with Gasteiger partial charge in [0.25, 0.3) is 0 Å². The van der Waals surface area contributed by atoms with Crippen LogP contribution in [0.3, 0.4) is 0 Å². The Labute approximate surface area is 188 Å². The van der Waals surface area contributed by atoms with Crippen LogP contribution in [0, 0.1) is 6.92 Å². The van der Waals surface area contributed by atoms with Gasteiger partial charge in [0.2, 0.25) is 5.91 Å². The molecule has 1 N–H and O–H groups in total. The second-order valence-electron chi connectivity index (χ2n) is 7.79. The highest BCUT2D eigenvalue weighted by Crippen LogP contribution is 2.33. The molecule has 0 atom stereocenters. The molecule has 4 heteroatoms. The number of hydrogen-bond donors (Lipinski definition) is 1. The molecule has 32 heavy (non-hydrogen) atoms. The van der Waals surface area contributed by atoms with Crippen LogP contribution < -0.4 is 10.1 Å². The first kappa shape index (κ1) is 21.4. The van der Waals surface area contributed by atoms with Gasteiger partial charge in [0, 0.05) is 23.1 Å². The Morgan fingerprint density at radius 1 is 1.03 bits per heavy atom. The summed E-state index contributed by atoms with van der Waals surface area (Å²) in [6, 6.07) is 23.7. The van der Waals surface area contributed by atoms with Crippen molar-refractivity contribution < 1.29 is 13.9 Å². The number of rotatable bonds is 7. The molecule has 0 radical (unpaired) electrons. The first-order valence-corrected chi connectivity index (χ1v) is 10.8. The number of nitrogens with one attached hydrogen (secondary N) is 1. The van der Waals surface area contributed by atoms with Crippen LogP contribution in [0.25, 0.3) is 16.5 Å². The van der Waals surface area contributed by atoms with E-state index in [-0.39, 0.29) is 11.9 Å². The molecular formula is C28H27NO3. The quantitative estimate of drug-likeness (QED) is 0.346. The van der Waals surface area contributed by atoms with Crippen molar-refractivity contribution in [2.75, 3.05) is 6.61 Å². The molecule has 4 nitrogen and oxygen atoms in total. The molecule has 162 valence electrons. The molecule has 0 aliphatic rings. The van der Waals surface area contributed by atoms with Crippen molar-refractivity contribution in [1.29, 1.82) is 0 Å². The first-order chi connectivity index (χ1) is 15.6. The number of amides is 1. The zero-order valence-electron chi connectivity index (χ0n) is 18.6. The van der Waals surface area contributed by atoms with E-state index in [1.807, 2.05) is 93.6 Å². The highest BCUT2D eigenvalue weighted by atomic mass is 16.5. The van der Waals surface area contributed by atoms with E-state index in [2.05, 4.69) is 5.32 Å². The van der Waals surface area contributed by atoms with Crippen LogP contribution in [-0.2, 0) is 4.79 Å². The van der Waals surface area contributed by atoms with Crippen LogP contribution in [0.5, 0.6) is 5.75 Å². The second-order valence-corrected chi connectivity index (χ2v) is 7.79. The minimum Gasteiger partial charge on any atom is -0.493 e. The predicted octanol–water partition coefficient (Wildman–Crippen LogP) is 6.45. The van der Waals surface area contributed by atoms with Crippen molar-refractivity contribution in [3.8, 4) is 5.75 Å². The molecule has 1 heterocycles. The number of furan rings is 1. The van der Waals surface area contributed by atoms with Crippen LogP contribution in [0.2, 0.25) is 0 Å². The smallest absolute Gasteiger partial charge is 0.245 e. The summed E-state index contributed by atoms with van der Waals surface area (Å²) in [5.41, 5.74) is 5.60. The fourth-order valence-electron chi connectivity index (χ4n) is 3.87. The highest BCUT2D eigenvalue weighted by molar-refractivity contribution is 5.97. The van der Waals surface area contributed by atoms with Gasteiger partial charge in [-0.1, -0.05) is 60.7 Å². The van der Waals surface area contributed by atoms with Crippen molar-refractivity contribution in [3.05, 3.63) is 107 Å². The minimum absolute atomic E-state index is 0.160. The Hall–Kier alpha value is -3.79. The average Bonchev–Trinajstić information content (AvgIpc) is 3.18. The normalized spacial score (nSPS) is 11.7. The Balaban J connectivity index is 1.66. The van der Waals surface area contributed by atoms with Gasteiger partial charge in [-0.15, -0.1) is 0 Å². The summed E-state index contributed by atoms with van der Waals surface area (Å²) in [6.07, 6.45) is 3.37. The van der Waals surface area contributed by atoms with E-state index in [9.17, 15) is 4.79 Å². The van der Waals surface area contributed by atoms with E-state index >= 15 is 0 Å². The molecule has 0 unspecified atom stereocenters. The lowest BCUT2D eigenvalue weighted by Crippen LogP contribution is -2.27. The van der Waals surface area contributed by atoms with Gasteiger partial charge in [0.15, 0.2) is 0 Å². The summed E-state index contributed by atoms with van der Waals surface area (Å²) in [6.45, 7) is 6.41. The summed E-state index contributed by atoms with van der Waals surface area (Å²) in [5.74, 6) is 0.547. The van der Waals surface area contributed by atoms with Crippen molar-refractivity contribution >= 4 is 22.4 Å². The molecule has 0 spiro atoms. The summed E-state index contributed by atoms with van der Waals surface area (Å²) >= 11 is 0. The van der Waals surface area contributed by atoms with E-state index in [4.69, 9.17) is 9.15 Å². The number of carbonyl (C=O) groups excluding carboxylic acids is 1. The van der Waals surface area contributed by atoms with Crippen LogP contribution >= 0.6 is 0 Å². The molecule has 0 fully saturated rings. The summed E-state index contributed by atoms with van der Waals surface area (Å²) < 4.78 is 11.5. The second kappa shape index (κ2) is 9.56. The average molecular weight is 426 g/mol. The molecule has 0 saturated heterocycles. The largest absolute Gasteiger partial charge is 0.493 e. The number of allylic oxidation sites excluding steroid dienone is 1. The molecule has 1 amide bonds. The van der Waals surface area contributed by atoms with Gasteiger partial charge in [-0.25, -0.2) is 0 Å². The van der Waals surface area contributed by atoms with Gasteiger partial charge in [-0.05, 0) is 49.1 Å². The Morgan fingerprint density at radius 3 is 2.25 bits per heavy atom. The molecule has 0 saturated carbocycles. The molecular weight excluding hydrogens is 398 g/mol. The fourth-order valence-corrected chi connectivity index (χ4v) is 3.87. The van der Waals surface area contributed by atoms with Gasteiger partial charge in [0.1, 0.15) is 11.3 Å². The fraction of sp³-hybridized carbons (Fsp3) is 0.179. The van der Waals surface area contributed by atoms with Crippen LogP contribution in [0.15, 0.2) is 89.6 Å². The lowest BCUT2D eigenvalue weighted by Gasteiger charge is -2.19. The number of carbonyl (C=O) groups is 1. The zero-order chi connectivity index (χ0) is 22.5. The van der Waals surface area contributed by atoms with Gasteiger partial charge < -0.3 is 14.5 Å². The number of ether oxygens (including phenoxy) is 1. The molecule has 0 bridgehead atoms. The van der Waals surface area contributed by atoms with Gasteiger partial charge in [-0.3, -0.25) is 4.79 Å². The summed E-state index contributed by atoms with van der Waals surface area (Å²) in [7, 11) is 0. The third-order valence-electron chi connectivity index (χ3n) is 5.49. The van der Waals surface area contributed by atoms with Gasteiger partial charge in [0.05, 0.1) is 18.9 Å². The molecule has 4 aromatic rings. The molecule has 0 aliphatic carbocycles. The van der Waals surface area contributed by atoms with E-state index in [1.54, 1.807) is 12.3 Å². The van der Waals surface area contributed by atoms with E-state index in [1.165, 1.54) is 0 Å². The number of hydrogen-bond acceptors (Lipinski definition) is 3. The maximum absolute atomic E-state index is 13.1. The Kier molecular flexibility index (Phi) is 6.41. The third-order valence-corrected chi connectivity index (χ3v) is 5.49. The highest BCUT2D eigenvalue weighted by Gasteiger charge is 2.17. The monoisotopic (exact) mass is 425 g/mol. The number of benzene rings is 3. The molecule has 3 aromatic carbocycles. The lowest BCUT2D eigenvalue weighted by molar-refractivity contribution is -0.116. The first-order valence-electron chi connectivity index (χ1n) is 10.8. The molecule has 0 aliphatic heterocycles. The maximum atomic E-state index is 13.1. The van der Waals surface area contributed by atoms with Crippen LogP contribution in [0.1, 0.15) is 42.1 Å². The third kappa shape index (κ3) is 4.59. The topological polar surface area (TPSA) is 51.5 Å². The maximum Gasteiger partial charge on any atom is 0.245 e. The summed E-state index contributed by atoms with van der Waals surface area (Å²) in [4.78, 5) is 13.1. The van der Waals surface area contributed by atoms with Crippen LogP contribution in [0.4, 0.5) is 0 Å². The molecule has 1 aromatic heterocycles. The number of aryl methyl sites for hydroxylation is 1. The van der Waals surface area contributed by atoms with Crippen molar-refractivity contribution in [2.45, 2.75) is 26.8 Å². The Morgan fingerprint density at radius 2 is 1.66 bits per heavy atom. The van der Waals surface area contributed by atoms with Crippen LogP contribution in [-0.4, -0.2) is 12.5 Å². The van der Waals surface area contributed by atoms with E-state index < -0.39 is 0 Å². The van der Waals surface area contributed by atoms with Crippen molar-refractivity contribution in [2.24, 2.45) is 0 Å². The van der Waals surface area contributed by atoms with Crippen molar-refractivity contribution in [3.63, 3.8) is 0 Å².